The minimum atomic E-state index is -0.638. The minimum absolute atomic E-state index is 0.104. The molecule has 0 spiro atoms. The number of aliphatic imine (C=N–C) groups is 1. The summed E-state index contributed by atoms with van der Waals surface area (Å²) in [4.78, 5) is 31.9. The summed E-state index contributed by atoms with van der Waals surface area (Å²) in [6.45, 7) is 5.26. The van der Waals surface area contributed by atoms with Crippen molar-refractivity contribution < 1.29 is 23.5 Å². The molecular formula is C24H29N3O5. The van der Waals surface area contributed by atoms with Gasteiger partial charge in [0.1, 0.15) is 17.3 Å². The van der Waals surface area contributed by atoms with Crippen LogP contribution in [0.15, 0.2) is 39.6 Å². The van der Waals surface area contributed by atoms with E-state index >= 15 is 0 Å². The quantitative estimate of drug-likeness (QED) is 0.743. The number of rotatable bonds is 6. The van der Waals surface area contributed by atoms with Crippen molar-refractivity contribution in [3.63, 3.8) is 0 Å². The largest absolute Gasteiger partial charge is 0.500 e. The van der Waals surface area contributed by atoms with E-state index in [2.05, 4.69) is 15.2 Å². The van der Waals surface area contributed by atoms with Gasteiger partial charge in [0.15, 0.2) is 0 Å². The predicted molar refractivity (Wildman–Crippen MR) is 122 cm³/mol. The second-order valence-corrected chi connectivity index (χ2v) is 8.29. The van der Waals surface area contributed by atoms with Crippen LogP contribution in [0.2, 0.25) is 0 Å². The maximum absolute atomic E-state index is 13.3. The third kappa shape index (κ3) is 4.14. The molecule has 2 aliphatic heterocycles. The average Bonchev–Trinajstić information content (AvgIpc) is 3.25. The molecule has 2 amide bonds. The first-order valence-corrected chi connectivity index (χ1v) is 10.8. The van der Waals surface area contributed by atoms with Crippen molar-refractivity contribution in [2.75, 3.05) is 38.8 Å². The molecule has 8 heteroatoms. The Morgan fingerprint density at radius 1 is 1.31 bits per heavy atom. The molecule has 2 aromatic rings. The molecule has 8 nitrogen and oxygen atoms in total. The van der Waals surface area contributed by atoms with E-state index in [-0.39, 0.29) is 18.4 Å². The van der Waals surface area contributed by atoms with Gasteiger partial charge in [-0.1, -0.05) is 0 Å². The van der Waals surface area contributed by atoms with E-state index in [1.54, 1.807) is 25.3 Å². The number of ether oxygens (including phenoxy) is 2. The molecule has 1 N–H and O–H groups in total. The Bertz CT molecular complexity index is 1090. The van der Waals surface area contributed by atoms with Crippen LogP contribution in [0.4, 0.5) is 5.69 Å². The van der Waals surface area contributed by atoms with Crippen LogP contribution >= 0.6 is 0 Å². The lowest BCUT2D eigenvalue weighted by molar-refractivity contribution is -0.121. The van der Waals surface area contributed by atoms with Crippen molar-refractivity contribution in [1.82, 2.24) is 5.32 Å². The summed E-state index contributed by atoms with van der Waals surface area (Å²) in [7, 11) is 3.56. The zero-order chi connectivity index (χ0) is 22.8. The minimum Gasteiger partial charge on any atom is -0.500 e. The molecule has 0 saturated carbocycles. The number of fused-ring (bicyclic) bond motifs is 1. The highest BCUT2D eigenvalue weighted by atomic mass is 16.5. The Morgan fingerprint density at radius 3 is 2.78 bits per heavy atom. The van der Waals surface area contributed by atoms with Crippen LogP contribution in [0.1, 0.15) is 35.7 Å². The van der Waals surface area contributed by atoms with Crippen molar-refractivity contribution in [3.05, 3.63) is 41.4 Å². The number of carbonyl (C=O) groups is 2. The van der Waals surface area contributed by atoms with Gasteiger partial charge in [-0.05, 0) is 44.4 Å². The van der Waals surface area contributed by atoms with Crippen molar-refractivity contribution in [1.29, 1.82) is 0 Å². The summed E-state index contributed by atoms with van der Waals surface area (Å²) in [6, 6.07) is 4.13. The molecule has 32 heavy (non-hydrogen) atoms. The van der Waals surface area contributed by atoms with Gasteiger partial charge in [0, 0.05) is 55.7 Å². The zero-order valence-corrected chi connectivity index (χ0v) is 18.9. The molecule has 1 fully saturated rings. The Balaban J connectivity index is 1.61. The number of anilines is 1. The number of allylic oxidation sites excluding steroid dienone is 1. The Hall–Kier alpha value is -3.13. The van der Waals surface area contributed by atoms with E-state index in [9.17, 15) is 9.59 Å². The number of methoxy groups -OCH3 is 1. The van der Waals surface area contributed by atoms with Crippen molar-refractivity contribution in [3.8, 4) is 0 Å². The highest BCUT2D eigenvalue weighted by Gasteiger charge is 2.29. The second-order valence-electron chi connectivity index (χ2n) is 8.29. The standard InChI is InChI=1S/C24H29N3O5/c1-14-11-20(30-4)18(23(28)26-14)13-25-24(29)22-15(2)19(12-21-17(22)7-10-32-21)27(3)16-5-8-31-9-6-16/h7,10-12,16,18H,5-6,8-9,13H2,1-4H3,(H,25,29). The van der Waals surface area contributed by atoms with Gasteiger partial charge in [-0.25, -0.2) is 4.99 Å². The van der Waals surface area contributed by atoms with Crippen LogP contribution in [0.3, 0.4) is 0 Å². The van der Waals surface area contributed by atoms with E-state index in [1.807, 2.05) is 20.0 Å². The molecule has 0 radical (unpaired) electrons. The van der Waals surface area contributed by atoms with Crippen LogP contribution in [-0.4, -0.2) is 57.5 Å². The first kappa shape index (κ1) is 22.1. The third-order valence-electron chi connectivity index (χ3n) is 6.32. The highest BCUT2D eigenvalue weighted by Crippen LogP contribution is 2.34. The summed E-state index contributed by atoms with van der Waals surface area (Å²) in [5.74, 6) is -0.715. The molecule has 1 unspecified atom stereocenters. The van der Waals surface area contributed by atoms with E-state index in [1.165, 1.54) is 7.11 Å². The fourth-order valence-electron chi connectivity index (χ4n) is 4.51. The predicted octanol–water partition coefficient (Wildman–Crippen LogP) is 3.23. The molecule has 2 aliphatic rings. The maximum Gasteiger partial charge on any atom is 0.258 e. The van der Waals surface area contributed by atoms with Crippen molar-refractivity contribution in [2.45, 2.75) is 32.7 Å². The third-order valence-corrected chi connectivity index (χ3v) is 6.32. The number of carbonyl (C=O) groups excluding carboxylic acids is 2. The molecule has 3 heterocycles. The number of benzene rings is 1. The van der Waals surface area contributed by atoms with Crippen LogP contribution in [0, 0.1) is 12.8 Å². The van der Waals surface area contributed by atoms with Gasteiger partial charge < -0.3 is 24.1 Å². The van der Waals surface area contributed by atoms with Gasteiger partial charge in [0.05, 0.1) is 18.9 Å². The first-order valence-electron chi connectivity index (χ1n) is 10.8. The molecular weight excluding hydrogens is 410 g/mol. The van der Waals surface area contributed by atoms with E-state index in [0.717, 1.165) is 42.7 Å². The van der Waals surface area contributed by atoms with Gasteiger partial charge in [0.25, 0.3) is 11.8 Å². The van der Waals surface area contributed by atoms with Crippen LogP contribution in [-0.2, 0) is 14.3 Å². The van der Waals surface area contributed by atoms with Gasteiger partial charge in [-0.15, -0.1) is 0 Å². The SMILES string of the molecule is COC1=CC(C)=NC(=O)C1CNC(=O)c1c(C)c(N(C)C2CCOCC2)cc2occc12. The maximum atomic E-state index is 13.3. The lowest BCUT2D eigenvalue weighted by Crippen LogP contribution is -2.38. The molecule has 1 aromatic carbocycles. The highest BCUT2D eigenvalue weighted by molar-refractivity contribution is 6.09. The fraction of sp³-hybridized carbons (Fsp3) is 0.458. The number of nitrogens with zero attached hydrogens (tertiary/aromatic N) is 2. The van der Waals surface area contributed by atoms with E-state index in [0.29, 0.717) is 28.7 Å². The summed E-state index contributed by atoms with van der Waals surface area (Å²) in [6.07, 6.45) is 5.18. The molecule has 0 bridgehead atoms. The summed E-state index contributed by atoms with van der Waals surface area (Å²) in [5, 5.41) is 3.66. The molecule has 1 saturated heterocycles. The number of amides is 2. The molecule has 0 aliphatic carbocycles. The molecule has 1 aromatic heterocycles. The topological polar surface area (TPSA) is 93.4 Å². The average molecular weight is 440 g/mol. The lowest BCUT2D eigenvalue weighted by Gasteiger charge is -2.34. The Kier molecular flexibility index (Phi) is 6.32. The number of nitrogens with one attached hydrogen (secondary N) is 1. The first-order chi connectivity index (χ1) is 15.4. The fourth-order valence-corrected chi connectivity index (χ4v) is 4.51. The number of furan rings is 1. The lowest BCUT2D eigenvalue weighted by atomic mass is 9.98. The van der Waals surface area contributed by atoms with E-state index < -0.39 is 5.92 Å². The van der Waals surface area contributed by atoms with Crippen LogP contribution in [0.25, 0.3) is 11.0 Å². The van der Waals surface area contributed by atoms with Gasteiger partial charge in [0.2, 0.25) is 0 Å². The molecule has 1 atom stereocenters. The van der Waals surface area contributed by atoms with Gasteiger partial charge in [-0.3, -0.25) is 9.59 Å². The summed E-state index contributed by atoms with van der Waals surface area (Å²) >= 11 is 0. The number of dihydropyridines is 1. The van der Waals surface area contributed by atoms with E-state index in [4.69, 9.17) is 13.9 Å². The number of hydrogen-bond acceptors (Lipinski definition) is 6. The second kappa shape index (κ2) is 9.16. The smallest absolute Gasteiger partial charge is 0.258 e. The van der Waals surface area contributed by atoms with Crippen LogP contribution in [0.5, 0.6) is 0 Å². The van der Waals surface area contributed by atoms with Crippen molar-refractivity contribution in [2.24, 2.45) is 10.9 Å². The Morgan fingerprint density at radius 2 is 2.06 bits per heavy atom. The number of hydrogen-bond donors (Lipinski definition) is 1. The van der Waals surface area contributed by atoms with Crippen molar-refractivity contribution >= 4 is 34.2 Å². The zero-order valence-electron chi connectivity index (χ0n) is 18.9. The van der Waals surface area contributed by atoms with Gasteiger partial charge >= 0.3 is 0 Å². The molecule has 4 rings (SSSR count). The van der Waals surface area contributed by atoms with Gasteiger partial charge in [-0.2, -0.15) is 0 Å². The Labute approximate surface area is 187 Å². The normalized spacial score (nSPS) is 19.5. The monoisotopic (exact) mass is 439 g/mol. The van der Waals surface area contributed by atoms with Crippen LogP contribution < -0.4 is 10.2 Å². The summed E-state index contributed by atoms with van der Waals surface area (Å²) < 4.78 is 16.5. The molecule has 170 valence electrons. The summed E-state index contributed by atoms with van der Waals surface area (Å²) in [5.41, 5.74) is 3.62.